The van der Waals surface area contributed by atoms with Crippen LogP contribution in [0.3, 0.4) is 0 Å². The highest BCUT2D eigenvalue weighted by atomic mass is 16.3. The maximum atomic E-state index is 12.4. The lowest BCUT2D eigenvalue weighted by molar-refractivity contribution is -0.126. The van der Waals surface area contributed by atoms with Gasteiger partial charge in [0.25, 0.3) is 0 Å². The number of aromatic nitrogens is 2. The molecule has 1 saturated heterocycles. The van der Waals surface area contributed by atoms with Gasteiger partial charge in [-0.15, -0.1) is 0 Å². The normalized spacial score (nSPS) is 18.9. The van der Waals surface area contributed by atoms with Gasteiger partial charge < -0.3 is 10.0 Å². The summed E-state index contributed by atoms with van der Waals surface area (Å²) in [5, 5.41) is 13.3. The molecule has 1 aromatic heterocycles. The van der Waals surface area contributed by atoms with Gasteiger partial charge in [-0.1, -0.05) is 0 Å². The van der Waals surface area contributed by atoms with Crippen molar-refractivity contribution in [3.05, 3.63) is 23.0 Å². The summed E-state index contributed by atoms with van der Waals surface area (Å²) in [5.41, 5.74) is 3.03. The van der Waals surface area contributed by atoms with E-state index < -0.39 is 0 Å². The molecule has 1 aromatic rings. The Balaban J connectivity index is 2.05. The number of hydrogen-bond acceptors (Lipinski definition) is 3. The summed E-state index contributed by atoms with van der Waals surface area (Å²) in [6, 6.07) is 0.283. The Kier molecular flexibility index (Phi) is 5.17. The molecule has 1 aliphatic rings. The molecule has 1 N–H and O–H groups in total. The van der Waals surface area contributed by atoms with E-state index in [1.54, 1.807) is 6.08 Å². The number of likely N-dealkylation sites (tertiary alicyclic amines) is 1. The number of amides is 1. The van der Waals surface area contributed by atoms with Crippen molar-refractivity contribution in [1.29, 1.82) is 0 Å². The molecular formula is C16H25N3O2. The van der Waals surface area contributed by atoms with Gasteiger partial charge in [0.2, 0.25) is 5.91 Å². The first-order valence-electron chi connectivity index (χ1n) is 7.64. The lowest BCUT2D eigenvalue weighted by Gasteiger charge is -2.23. The van der Waals surface area contributed by atoms with Crippen molar-refractivity contribution in [2.24, 2.45) is 7.05 Å². The Bertz CT molecular complexity index is 534. The Hall–Kier alpha value is -1.62. The van der Waals surface area contributed by atoms with Crippen LogP contribution >= 0.6 is 0 Å². The molecule has 5 nitrogen and oxygen atoms in total. The van der Waals surface area contributed by atoms with Crippen LogP contribution in [0.5, 0.6) is 0 Å². The van der Waals surface area contributed by atoms with Gasteiger partial charge in [0.05, 0.1) is 5.69 Å². The largest absolute Gasteiger partial charge is 0.396 e. The second kappa shape index (κ2) is 6.89. The predicted molar refractivity (Wildman–Crippen MR) is 82.8 cm³/mol. The van der Waals surface area contributed by atoms with Crippen LogP contribution in [0.4, 0.5) is 0 Å². The third-order valence-corrected chi connectivity index (χ3v) is 4.31. The molecule has 0 aliphatic carbocycles. The van der Waals surface area contributed by atoms with E-state index in [1.807, 2.05) is 36.6 Å². The number of hydrogen-bond donors (Lipinski definition) is 1. The van der Waals surface area contributed by atoms with E-state index in [1.165, 1.54) is 0 Å². The van der Waals surface area contributed by atoms with Gasteiger partial charge in [0.15, 0.2) is 0 Å². The average Bonchev–Trinajstić information content (AvgIpc) is 3.01. The molecule has 1 amide bonds. The molecule has 2 heterocycles. The molecule has 1 atom stereocenters. The van der Waals surface area contributed by atoms with Crippen LogP contribution in [-0.2, 0) is 11.8 Å². The lowest BCUT2D eigenvalue weighted by Crippen LogP contribution is -2.34. The highest BCUT2D eigenvalue weighted by molar-refractivity contribution is 5.92. The van der Waals surface area contributed by atoms with Crippen LogP contribution in [0.2, 0.25) is 0 Å². The summed E-state index contributed by atoms with van der Waals surface area (Å²) < 4.78 is 1.83. The third kappa shape index (κ3) is 3.53. The highest BCUT2D eigenvalue weighted by Gasteiger charge is 2.26. The van der Waals surface area contributed by atoms with Crippen molar-refractivity contribution in [2.75, 3.05) is 13.2 Å². The SMILES string of the molecule is Cc1nn(C)c(C)c1C=CC(=O)N1CCCC1CCCO. The van der Waals surface area contributed by atoms with Crippen molar-refractivity contribution in [3.63, 3.8) is 0 Å². The average molecular weight is 291 g/mol. The molecule has 1 aliphatic heterocycles. The number of nitrogens with zero attached hydrogens (tertiary/aromatic N) is 3. The topological polar surface area (TPSA) is 58.4 Å². The molecule has 0 bridgehead atoms. The van der Waals surface area contributed by atoms with Crippen LogP contribution in [0.1, 0.15) is 42.6 Å². The van der Waals surface area contributed by atoms with Gasteiger partial charge in [-0.05, 0) is 45.6 Å². The van der Waals surface area contributed by atoms with E-state index in [0.717, 1.165) is 49.2 Å². The van der Waals surface area contributed by atoms with E-state index >= 15 is 0 Å². The first-order valence-corrected chi connectivity index (χ1v) is 7.64. The molecule has 0 radical (unpaired) electrons. The molecule has 0 saturated carbocycles. The minimum Gasteiger partial charge on any atom is -0.396 e. The van der Waals surface area contributed by atoms with Crippen LogP contribution in [-0.4, -0.2) is 44.9 Å². The smallest absolute Gasteiger partial charge is 0.246 e. The number of aryl methyl sites for hydroxylation is 2. The van der Waals surface area contributed by atoms with Crippen molar-refractivity contribution in [2.45, 2.75) is 45.6 Å². The fourth-order valence-corrected chi connectivity index (χ4v) is 3.03. The van der Waals surface area contributed by atoms with Crippen molar-refractivity contribution < 1.29 is 9.90 Å². The predicted octanol–water partition coefficient (Wildman–Crippen LogP) is 1.81. The van der Waals surface area contributed by atoms with Crippen molar-refractivity contribution in [3.8, 4) is 0 Å². The van der Waals surface area contributed by atoms with Gasteiger partial charge in [-0.2, -0.15) is 5.10 Å². The summed E-state index contributed by atoms with van der Waals surface area (Å²) in [4.78, 5) is 14.3. The van der Waals surface area contributed by atoms with Crippen LogP contribution < -0.4 is 0 Å². The maximum absolute atomic E-state index is 12.4. The fourth-order valence-electron chi connectivity index (χ4n) is 3.03. The molecular weight excluding hydrogens is 266 g/mol. The molecule has 5 heteroatoms. The number of carbonyl (C=O) groups is 1. The Morgan fingerprint density at radius 1 is 1.48 bits per heavy atom. The Morgan fingerprint density at radius 2 is 2.24 bits per heavy atom. The molecule has 116 valence electrons. The maximum Gasteiger partial charge on any atom is 0.246 e. The second-order valence-corrected chi connectivity index (χ2v) is 5.73. The fraction of sp³-hybridized carbons (Fsp3) is 0.625. The molecule has 0 spiro atoms. The minimum atomic E-state index is 0.0677. The highest BCUT2D eigenvalue weighted by Crippen LogP contribution is 2.22. The van der Waals surface area contributed by atoms with Crippen molar-refractivity contribution >= 4 is 12.0 Å². The number of aliphatic hydroxyl groups excluding tert-OH is 1. The summed E-state index contributed by atoms with van der Waals surface area (Å²) in [7, 11) is 1.91. The summed E-state index contributed by atoms with van der Waals surface area (Å²) >= 11 is 0. The first-order chi connectivity index (χ1) is 10.0. The van der Waals surface area contributed by atoms with Crippen LogP contribution in [0, 0.1) is 13.8 Å². The molecule has 1 unspecified atom stereocenters. The zero-order valence-electron chi connectivity index (χ0n) is 13.2. The van der Waals surface area contributed by atoms with E-state index in [9.17, 15) is 4.79 Å². The van der Waals surface area contributed by atoms with E-state index in [2.05, 4.69) is 5.10 Å². The number of carbonyl (C=O) groups excluding carboxylic acids is 1. The Labute approximate surface area is 126 Å². The second-order valence-electron chi connectivity index (χ2n) is 5.73. The zero-order chi connectivity index (χ0) is 15.4. The number of aliphatic hydroxyl groups is 1. The van der Waals surface area contributed by atoms with Gasteiger partial charge in [0.1, 0.15) is 0 Å². The summed E-state index contributed by atoms with van der Waals surface area (Å²) in [5.74, 6) is 0.0677. The van der Waals surface area contributed by atoms with E-state index in [0.29, 0.717) is 0 Å². The number of rotatable bonds is 5. The lowest BCUT2D eigenvalue weighted by atomic mass is 10.1. The molecule has 21 heavy (non-hydrogen) atoms. The van der Waals surface area contributed by atoms with Gasteiger partial charge in [-0.25, -0.2) is 0 Å². The first kappa shape index (κ1) is 15.8. The molecule has 1 fully saturated rings. The van der Waals surface area contributed by atoms with E-state index in [-0.39, 0.29) is 18.6 Å². The zero-order valence-corrected chi connectivity index (χ0v) is 13.2. The quantitative estimate of drug-likeness (QED) is 0.842. The third-order valence-electron chi connectivity index (χ3n) is 4.31. The monoisotopic (exact) mass is 291 g/mol. The van der Waals surface area contributed by atoms with Gasteiger partial charge in [-0.3, -0.25) is 9.48 Å². The standard InChI is InChI=1S/C16H25N3O2/c1-12-15(13(2)18(3)17-12)8-9-16(21)19-10-4-6-14(19)7-5-11-20/h8-9,14,20H,4-7,10-11H2,1-3H3. The molecule has 0 aromatic carbocycles. The van der Waals surface area contributed by atoms with Crippen LogP contribution in [0.15, 0.2) is 6.08 Å². The van der Waals surface area contributed by atoms with Crippen molar-refractivity contribution in [1.82, 2.24) is 14.7 Å². The van der Waals surface area contributed by atoms with Gasteiger partial charge in [0, 0.05) is 43.6 Å². The van der Waals surface area contributed by atoms with Gasteiger partial charge >= 0.3 is 0 Å². The Morgan fingerprint density at radius 3 is 2.86 bits per heavy atom. The minimum absolute atomic E-state index is 0.0677. The van der Waals surface area contributed by atoms with E-state index in [4.69, 9.17) is 5.11 Å². The summed E-state index contributed by atoms with van der Waals surface area (Å²) in [6.45, 7) is 4.98. The summed E-state index contributed by atoms with van der Waals surface area (Å²) in [6.07, 6.45) is 7.29. The molecule has 2 rings (SSSR count). The van der Waals surface area contributed by atoms with Crippen LogP contribution in [0.25, 0.3) is 6.08 Å².